The molecule has 0 N–H and O–H groups in total. The number of benzene rings is 7. The molecule has 0 fully saturated rings. The lowest BCUT2D eigenvalue weighted by Gasteiger charge is -2.19. The Hall–Kier alpha value is -7.56. The first-order valence-electron chi connectivity index (χ1n) is 20.7. The van der Waals surface area contributed by atoms with Gasteiger partial charge >= 0.3 is 0 Å². The summed E-state index contributed by atoms with van der Waals surface area (Å²) < 4.78 is 10.9. The molecule has 61 heavy (non-hydrogen) atoms. The average molecular weight is 791 g/mol. The second kappa shape index (κ2) is 13.2. The summed E-state index contributed by atoms with van der Waals surface area (Å²) in [5.74, 6) is 1.51. The molecule has 4 heterocycles. The smallest absolute Gasteiger partial charge is 0.238 e. The van der Waals surface area contributed by atoms with Gasteiger partial charge in [-0.05, 0) is 82.6 Å². The molecule has 0 aliphatic heterocycles. The summed E-state index contributed by atoms with van der Waals surface area (Å²) in [5, 5.41) is 6.57. The number of hydrogen-bond donors (Lipinski definition) is 0. The molecule has 11 aromatic rings. The highest BCUT2D eigenvalue weighted by atomic mass is 16.3. The lowest BCUT2D eigenvalue weighted by atomic mass is 9.85. The summed E-state index contributed by atoms with van der Waals surface area (Å²) in [6.07, 6.45) is 0. The maximum absolute atomic E-state index is 8.17. The van der Waals surface area contributed by atoms with Crippen molar-refractivity contribution in [3.8, 4) is 34.4 Å². The van der Waals surface area contributed by atoms with E-state index in [0.29, 0.717) is 28.8 Å². The van der Waals surface area contributed by atoms with Crippen molar-refractivity contribution in [1.82, 2.24) is 24.1 Å². The fourth-order valence-electron chi connectivity index (χ4n) is 8.96. The van der Waals surface area contributed by atoms with Crippen LogP contribution >= 0.6 is 0 Å². The third-order valence-electron chi connectivity index (χ3n) is 12.1. The molecular formula is C54H42N6O. The number of para-hydroxylation sites is 2. The van der Waals surface area contributed by atoms with Gasteiger partial charge in [0.1, 0.15) is 11.2 Å². The molecule has 0 atom stereocenters. The predicted octanol–water partition coefficient (Wildman–Crippen LogP) is 14.4. The van der Waals surface area contributed by atoms with Gasteiger partial charge in [0, 0.05) is 38.1 Å². The van der Waals surface area contributed by atoms with Crippen LogP contribution in [-0.4, -0.2) is 24.1 Å². The van der Waals surface area contributed by atoms with Crippen molar-refractivity contribution in [3.63, 3.8) is 0 Å². The van der Waals surface area contributed by atoms with E-state index in [9.17, 15) is 0 Å². The SMILES string of the molecule is [C-]#[N+]c1ccc(-n2c3ccccc3c3ccc4oc5ccccc5c4c32)c(-c2nc(-c3ccccc3)nc(-n3c4ccc(C(C)(C)C)cc4c4cc(C(C)(C)C)ccc43)n2)c1. The lowest BCUT2D eigenvalue weighted by Crippen LogP contribution is -2.11. The van der Waals surface area contributed by atoms with Crippen LogP contribution in [0.25, 0.3) is 105 Å². The van der Waals surface area contributed by atoms with E-state index in [4.69, 9.17) is 25.9 Å². The molecule has 0 bridgehead atoms. The van der Waals surface area contributed by atoms with Crippen molar-refractivity contribution in [2.24, 2.45) is 0 Å². The molecule has 0 aliphatic carbocycles. The number of rotatable bonds is 4. The molecule has 0 amide bonds. The molecule has 11 rings (SSSR count). The van der Waals surface area contributed by atoms with Crippen LogP contribution in [0.3, 0.4) is 0 Å². The predicted molar refractivity (Wildman–Crippen MR) is 250 cm³/mol. The first kappa shape index (κ1) is 36.5. The Morgan fingerprint density at radius 2 is 1.13 bits per heavy atom. The molecule has 0 radical (unpaired) electrons. The van der Waals surface area contributed by atoms with E-state index >= 15 is 0 Å². The largest absolute Gasteiger partial charge is 0.456 e. The van der Waals surface area contributed by atoms with Gasteiger partial charge in [-0.3, -0.25) is 4.57 Å². The molecule has 7 heteroatoms. The number of fused-ring (bicyclic) bond motifs is 10. The molecule has 0 aliphatic rings. The fraction of sp³-hybridized carbons (Fsp3) is 0.148. The molecule has 0 unspecified atom stereocenters. The maximum Gasteiger partial charge on any atom is 0.238 e. The standard InChI is InChI=1S/C54H42N6O/c1-53(2,3)33-21-25-43-39(29-33)40-30-34(54(4,5)6)22-26-44(40)60(43)52-57-50(32-15-9-8-10-16-32)56-51(58-52)41-31-35(55-7)23-27-45(41)59-42-19-13-11-17-36(42)37-24-28-47-48(49(37)59)38-18-12-14-20-46(38)61-47/h8-31H,1-6H3. The minimum absolute atomic E-state index is 0.0451. The van der Waals surface area contributed by atoms with Gasteiger partial charge in [-0.2, -0.15) is 9.97 Å². The van der Waals surface area contributed by atoms with Gasteiger partial charge in [0.05, 0.1) is 39.7 Å². The van der Waals surface area contributed by atoms with Gasteiger partial charge in [0.2, 0.25) is 5.95 Å². The highest BCUT2D eigenvalue weighted by Gasteiger charge is 2.25. The number of furan rings is 1. The van der Waals surface area contributed by atoms with Gasteiger partial charge in [-0.15, -0.1) is 0 Å². The van der Waals surface area contributed by atoms with E-state index in [-0.39, 0.29) is 10.8 Å². The Balaban J connectivity index is 1.25. The fourth-order valence-corrected chi connectivity index (χ4v) is 8.96. The summed E-state index contributed by atoms with van der Waals surface area (Å²) in [7, 11) is 0. The molecule has 7 nitrogen and oxygen atoms in total. The van der Waals surface area contributed by atoms with Crippen molar-refractivity contribution >= 4 is 71.2 Å². The normalized spacial score (nSPS) is 12.4. The maximum atomic E-state index is 8.17. The zero-order chi connectivity index (χ0) is 41.8. The summed E-state index contributed by atoms with van der Waals surface area (Å²) in [5.41, 5.74) is 11.0. The van der Waals surface area contributed by atoms with Crippen LogP contribution in [0.4, 0.5) is 5.69 Å². The number of nitrogens with zero attached hydrogens (tertiary/aromatic N) is 6. The molecular weight excluding hydrogens is 749 g/mol. The first-order chi connectivity index (χ1) is 29.5. The quantitative estimate of drug-likeness (QED) is 0.167. The molecule has 0 saturated carbocycles. The summed E-state index contributed by atoms with van der Waals surface area (Å²) in [6.45, 7) is 21.7. The average Bonchev–Trinajstić information content (AvgIpc) is 3.93. The Morgan fingerprint density at radius 3 is 1.82 bits per heavy atom. The van der Waals surface area contributed by atoms with E-state index in [1.165, 1.54) is 11.1 Å². The van der Waals surface area contributed by atoms with Gasteiger partial charge < -0.3 is 8.98 Å². The summed E-state index contributed by atoms with van der Waals surface area (Å²) in [6, 6.07) is 50.3. The Morgan fingerprint density at radius 1 is 0.508 bits per heavy atom. The van der Waals surface area contributed by atoms with Crippen LogP contribution in [0, 0.1) is 6.57 Å². The third kappa shape index (κ3) is 5.74. The molecule has 7 aromatic carbocycles. The third-order valence-corrected chi connectivity index (χ3v) is 12.1. The zero-order valence-corrected chi connectivity index (χ0v) is 34.9. The van der Waals surface area contributed by atoms with Gasteiger partial charge in [-0.1, -0.05) is 126 Å². The van der Waals surface area contributed by atoms with E-state index in [2.05, 4.69) is 140 Å². The van der Waals surface area contributed by atoms with Crippen molar-refractivity contribution < 1.29 is 4.42 Å². The van der Waals surface area contributed by atoms with Crippen molar-refractivity contribution in [2.75, 3.05) is 0 Å². The summed E-state index contributed by atoms with van der Waals surface area (Å²) in [4.78, 5) is 19.9. The highest BCUT2D eigenvalue weighted by Crippen LogP contribution is 2.44. The first-order valence-corrected chi connectivity index (χ1v) is 20.7. The Labute approximate surface area is 353 Å². The van der Waals surface area contributed by atoms with Gasteiger partial charge in [-0.25, -0.2) is 9.83 Å². The van der Waals surface area contributed by atoms with E-state index < -0.39 is 0 Å². The van der Waals surface area contributed by atoms with Crippen LogP contribution in [0.5, 0.6) is 0 Å². The van der Waals surface area contributed by atoms with Crippen molar-refractivity contribution in [3.05, 3.63) is 168 Å². The molecule has 4 aromatic heterocycles. The minimum Gasteiger partial charge on any atom is -0.456 e. The summed E-state index contributed by atoms with van der Waals surface area (Å²) >= 11 is 0. The molecule has 294 valence electrons. The van der Waals surface area contributed by atoms with E-state index in [1.54, 1.807) is 0 Å². The van der Waals surface area contributed by atoms with Crippen LogP contribution in [-0.2, 0) is 10.8 Å². The Kier molecular flexibility index (Phi) is 7.92. The monoisotopic (exact) mass is 790 g/mol. The van der Waals surface area contributed by atoms with Crippen LogP contribution in [0.15, 0.2) is 150 Å². The number of aromatic nitrogens is 5. The van der Waals surface area contributed by atoms with Crippen LogP contribution in [0.1, 0.15) is 52.7 Å². The van der Waals surface area contributed by atoms with Crippen LogP contribution < -0.4 is 0 Å². The van der Waals surface area contributed by atoms with Gasteiger partial charge in [0.25, 0.3) is 0 Å². The zero-order valence-electron chi connectivity index (χ0n) is 34.9. The Bertz CT molecular complexity index is 3550. The van der Waals surface area contributed by atoms with Crippen molar-refractivity contribution in [1.29, 1.82) is 0 Å². The van der Waals surface area contributed by atoms with Crippen LogP contribution in [0.2, 0.25) is 0 Å². The van der Waals surface area contributed by atoms with E-state index in [0.717, 1.165) is 76.8 Å². The second-order valence-corrected chi connectivity index (χ2v) is 18.0. The van der Waals surface area contributed by atoms with E-state index in [1.807, 2.05) is 60.7 Å². The van der Waals surface area contributed by atoms with Crippen molar-refractivity contribution in [2.45, 2.75) is 52.4 Å². The number of hydrogen-bond acceptors (Lipinski definition) is 4. The topological polar surface area (TPSA) is 66.0 Å². The highest BCUT2D eigenvalue weighted by molar-refractivity contribution is 6.24. The molecule has 0 spiro atoms. The minimum atomic E-state index is -0.0451. The molecule has 0 saturated heterocycles. The second-order valence-electron chi connectivity index (χ2n) is 18.0. The van der Waals surface area contributed by atoms with Gasteiger partial charge in [0.15, 0.2) is 17.3 Å². The lowest BCUT2D eigenvalue weighted by molar-refractivity contribution is 0.590.